The fourth-order valence-corrected chi connectivity index (χ4v) is 9.62. The maximum Gasteiger partial charge on any atom is 0.305 e. The molecule has 1 N–H and O–H groups in total. The van der Waals surface area contributed by atoms with Crippen molar-refractivity contribution >= 4 is 40.6 Å². The molecule has 0 spiro atoms. The lowest BCUT2D eigenvalue weighted by atomic mass is 9.69. The number of carbonyl (C=O) groups excluding carboxylic acids is 2. The molecule has 7 atom stereocenters. The van der Waals surface area contributed by atoms with E-state index in [1.165, 1.54) is 16.2 Å². The molecule has 1 saturated heterocycles. The number of benzene rings is 1. The van der Waals surface area contributed by atoms with Gasteiger partial charge < -0.3 is 9.40 Å². The van der Waals surface area contributed by atoms with Crippen LogP contribution in [0.25, 0.3) is 0 Å². The first-order valence-electron chi connectivity index (χ1n) is 10.9. The Morgan fingerprint density at radius 3 is 2.50 bits per heavy atom. The summed E-state index contributed by atoms with van der Waals surface area (Å²) >= 11 is 2.94. The van der Waals surface area contributed by atoms with E-state index in [0.717, 1.165) is 27.6 Å². The Morgan fingerprint density at radius 2 is 1.78 bits per heavy atom. The third kappa shape index (κ3) is 2.34. The number of H-pyrrole nitrogens is 1. The molecule has 2 aliphatic carbocycles. The van der Waals surface area contributed by atoms with Crippen LogP contribution in [0, 0.1) is 36.5 Å². The number of fused-ring (bicyclic) bond motifs is 9. The first-order valence-corrected chi connectivity index (χ1v) is 12.6. The Morgan fingerprint density at radius 1 is 1.03 bits per heavy atom. The highest BCUT2D eigenvalue weighted by Gasteiger charge is 2.70. The Bertz CT molecular complexity index is 1310. The zero-order valence-corrected chi connectivity index (χ0v) is 18.8. The first kappa shape index (κ1) is 18.9. The van der Waals surface area contributed by atoms with Crippen molar-refractivity contribution in [1.29, 1.82) is 0 Å². The second kappa shape index (κ2) is 6.48. The van der Waals surface area contributed by atoms with Gasteiger partial charge in [-0.25, -0.2) is 0 Å². The highest BCUT2D eigenvalue weighted by atomic mass is 32.2. The van der Waals surface area contributed by atoms with Crippen LogP contribution in [0.2, 0.25) is 0 Å². The van der Waals surface area contributed by atoms with Crippen LogP contribution in [0.3, 0.4) is 0 Å². The van der Waals surface area contributed by atoms with Crippen LogP contribution in [0.4, 0.5) is 5.69 Å². The van der Waals surface area contributed by atoms with Gasteiger partial charge in [0.15, 0.2) is 0 Å². The summed E-state index contributed by atoms with van der Waals surface area (Å²) in [5.41, 5.74) is 1.76. The molecule has 0 unspecified atom stereocenters. The molecule has 2 saturated carbocycles. The molecule has 2 amide bonds. The van der Waals surface area contributed by atoms with E-state index in [4.69, 9.17) is 4.42 Å². The van der Waals surface area contributed by atoms with Crippen molar-refractivity contribution < 1.29 is 14.0 Å². The van der Waals surface area contributed by atoms with Crippen molar-refractivity contribution in [3.63, 3.8) is 0 Å². The number of nitrogens with zero attached hydrogens (tertiary/aromatic N) is 1. The summed E-state index contributed by atoms with van der Waals surface area (Å²) in [6.07, 6.45) is 2.55. The molecule has 4 heterocycles. The van der Waals surface area contributed by atoms with E-state index >= 15 is 0 Å². The number of thioether (sulfide) groups is 1. The van der Waals surface area contributed by atoms with Gasteiger partial charge in [-0.05, 0) is 55.4 Å². The SMILES string of the molecule is Cc1ccc(N2C(=O)[C@@H]3[C@H]4C[C@@H]([C@H]3C2=O)[C@H]2[C@@H](c3ccco3)c3sc(=O)[nH]c3S[C@H]42)cc1. The molecular formula is C24H20N2O4S2. The lowest BCUT2D eigenvalue weighted by molar-refractivity contribution is -0.123. The fourth-order valence-electron chi connectivity index (χ4n) is 6.75. The minimum Gasteiger partial charge on any atom is -0.469 e. The van der Waals surface area contributed by atoms with Gasteiger partial charge in [-0.3, -0.25) is 19.3 Å². The zero-order chi connectivity index (χ0) is 21.7. The van der Waals surface area contributed by atoms with E-state index in [-0.39, 0.29) is 57.4 Å². The van der Waals surface area contributed by atoms with Gasteiger partial charge in [-0.2, -0.15) is 0 Å². The lowest BCUT2D eigenvalue weighted by Gasteiger charge is -2.42. The number of imide groups is 1. The average molecular weight is 465 g/mol. The summed E-state index contributed by atoms with van der Waals surface area (Å²) in [6.45, 7) is 1.99. The van der Waals surface area contributed by atoms with Crippen LogP contribution in [-0.2, 0) is 9.59 Å². The smallest absolute Gasteiger partial charge is 0.305 e. The Labute approximate surface area is 192 Å². The standard InChI is InChI=1S/C24H20N2O4S2/c1-10-4-6-11(7-5-10)26-22(27)16-12-9-13(17(16)23(26)28)19-15(12)18(14-3-2-8-30-14)20-21(31-19)25-24(29)32-20/h2-8,12-13,15-19H,9H2,1H3,(H,25,29)/t12-,13-,15+,16-,17-,18-,19-/m1/s1. The summed E-state index contributed by atoms with van der Waals surface area (Å²) < 4.78 is 5.84. The molecule has 7 rings (SSSR count). The molecule has 4 aliphatic rings. The van der Waals surface area contributed by atoms with E-state index in [0.29, 0.717) is 5.69 Å². The minimum absolute atomic E-state index is 0.0533. The largest absolute Gasteiger partial charge is 0.469 e. The molecule has 162 valence electrons. The molecule has 3 fully saturated rings. The Balaban J connectivity index is 1.32. The van der Waals surface area contributed by atoms with Gasteiger partial charge in [-0.15, -0.1) is 11.8 Å². The molecule has 6 nitrogen and oxygen atoms in total. The normalized spacial score (nSPS) is 34.7. The maximum atomic E-state index is 13.6. The van der Waals surface area contributed by atoms with Gasteiger partial charge in [0.25, 0.3) is 0 Å². The number of aryl methyl sites for hydroxylation is 1. The number of nitrogens with one attached hydrogen (secondary N) is 1. The quantitative estimate of drug-likeness (QED) is 0.580. The van der Waals surface area contributed by atoms with Crippen molar-refractivity contribution in [3.05, 3.63) is 68.5 Å². The molecule has 1 aromatic carbocycles. The van der Waals surface area contributed by atoms with Crippen LogP contribution < -0.4 is 9.77 Å². The number of amides is 2. The Kier molecular flexibility index (Phi) is 3.84. The number of carbonyl (C=O) groups is 2. The maximum absolute atomic E-state index is 13.6. The number of thiazole rings is 1. The summed E-state index contributed by atoms with van der Waals surface area (Å²) in [6, 6.07) is 11.5. The van der Waals surface area contributed by atoms with Gasteiger partial charge in [0.05, 0.1) is 39.6 Å². The van der Waals surface area contributed by atoms with E-state index in [1.54, 1.807) is 18.0 Å². The number of aromatic nitrogens is 1. The van der Waals surface area contributed by atoms with Crippen LogP contribution in [0.15, 0.2) is 56.9 Å². The minimum atomic E-state index is -0.287. The van der Waals surface area contributed by atoms with E-state index < -0.39 is 0 Å². The van der Waals surface area contributed by atoms with Gasteiger partial charge in [-0.1, -0.05) is 29.0 Å². The zero-order valence-electron chi connectivity index (χ0n) is 17.2. The van der Waals surface area contributed by atoms with Crippen molar-refractivity contribution in [3.8, 4) is 0 Å². The average Bonchev–Trinajstić information content (AvgIpc) is 3.57. The number of anilines is 1. The van der Waals surface area contributed by atoms with Crippen molar-refractivity contribution in [1.82, 2.24) is 4.98 Å². The molecule has 2 bridgehead atoms. The third-order valence-corrected chi connectivity index (χ3v) is 10.5. The fraction of sp³-hybridized carbons (Fsp3) is 0.375. The molecular weight excluding hydrogens is 444 g/mol. The van der Waals surface area contributed by atoms with Crippen LogP contribution in [0.1, 0.15) is 28.5 Å². The lowest BCUT2D eigenvalue weighted by Crippen LogP contribution is -2.42. The second-order valence-corrected chi connectivity index (χ2v) is 11.5. The number of aromatic amines is 1. The highest BCUT2D eigenvalue weighted by molar-refractivity contribution is 8.00. The molecule has 32 heavy (non-hydrogen) atoms. The summed E-state index contributed by atoms with van der Waals surface area (Å²) in [7, 11) is 0. The summed E-state index contributed by atoms with van der Waals surface area (Å²) in [5, 5.41) is 1.09. The van der Waals surface area contributed by atoms with Crippen molar-refractivity contribution in [2.75, 3.05) is 4.90 Å². The van der Waals surface area contributed by atoms with Crippen LogP contribution >= 0.6 is 23.1 Å². The van der Waals surface area contributed by atoms with Gasteiger partial charge in [0.1, 0.15) is 5.76 Å². The number of hydrogen-bond donors (Lipinski definition) is 1. The highest BCUT2D eigenvalue weighted by Crippen LogP contribution is 2.68. The van der Waals surface area contributed by atoms with Crippen LogP contribution in [-0.4, -0.2) is 22.0 Å². The summed E-state index contributed by atoms with van der Waals surface area (Å²) in [4.78, 5) is 44.7. The van der Waals surface area contributed by atoms with E-state index in [9.17, 15) is 14.4 Å². The number of rotatable bonds is 2. The molecule has 0 radical (unpaired) electrons. The molecule has 2 aromatic heterocycles. The van der Waals surface area contributed by atoms with Gasteiger partial charge >= 0.3 is 4.87 Å². The monoisotopic (exact) mass is 464 g/mol. The van der Waals surface area contributed by atoms with Crippen molar-refractivity contribution in [2.24, 2.45) is 29.6 Å². The molecule has 2 aliphatic heterocycles. The van der Waals surface area contributed by atoms with Gasteiger partial charge in [0, 0.05) is 5.25 Å². The molecule has 3 aromatic rings. The second-order valence-electron chi connectivity index (χ2n) is 9.32. The predicted molar refractivity (Wildman–Crippen MR) is 121 cm³/mol. The van der Waals surface area contributed by atoms with Crippen molar-refractivity contribution in [2.45, 2.75) is 29.5 Å². The summed E-state index contributed by atoms with van der Waals surface area (Å²) in [5.74, 6) is 0.509. The van der Waals surface area contributed by atoms with E-state index in [1.807, 2.05) is 43.3 Å². The Hall–Kier alpha value is -2.58. The van der Waals surface area contributed by atoms with E-state index in [2.05, 4.69) is 4.98 Å². The number of furan rings is 1. The number of hydrogen-bond acceptors (Lipinski definition) is 6. The van der Waals surface area contributed by atoms with Crippen LogP contribution in [0.5, 0.6) is 0 Å². The predicted octanol–water partition coefficient (Wildman–Crippen LogP) is 4.02. The van der Waals surface area contributed by atoms with Gasteiger partial charge in [0.2, 0.25) is 11.8 Å². The third-order valence-electron chi connectivity index (χ3n) is 7.87. The topological polar surface area (TPSA) is 83.4 Å². The molecule has 8 heteroatoms. The first-order chi connectivity index (χ1) is 15.5.